The second-order valence-corrected chi connectivity index (χ2v) is 19.6. The average molecular weight is 925 g/mol. The number of aromatic nitrogens is 5. The summed E-state index contributed by atoms with van der Waals surface area (Å²) in [4.78, 5) is 79.3. The van der Waals surface area contributed by atoms with Crippen LogP contribution in [-0.4, -0.2) is 128 Å². The van der Waals surface area contributed by atoms with E-state index in [-0.39, 0.29) is 35.9 Å². The minimum atomic E-state index is -5.56. The molecule has 11 N–H and O–H groups in total. The maximum absolute atomic E-state index is 12.7. The number of nitrogen functional groups attached to an aromatic ring is 1. The first-order valence-corrected chi connectivity index (χ1v) is 23.9. The van der Waals surface area contributed by atoms with Gasteiger partial charge in [-0.15, -0.1) is 0 Å². The number of aliphatic hydroxyl groups is 2. The fraction of sp³-hybridized carbons (Fsp3) is 0.531. The van der Waals surface area contributed by atoms with Gasteiger partial charge in [-0.2, -0.15) is 16.1 Å². The van der Waals surface area contributed by atoms with E-state index in [0.717, 1.165) is 41.3 Å². The predicted molar refractivity (Wildman–Crippen MR) is 214 cm³/mol. The second kappa shape index (κ2) is 20.2. The van der Waals surface area contributed by atoms with Gasteiger partial charge < -0.3 is 55.9 Å². The Morgan fingerprint density at radius 3 is 2.53 bits per heavy atom. The molecule has 4 aromatic rings. The predicted octanol–water partition coefficient (Wildman–Crippen LogP) is 1.25. The van der Waals surface area contributed by atoms with Crippen molar-refractivity contribution in [2.24, 2.45) is 5.41 Å². The van der Waals surface area contributed by atoms with E-state index in [4.69, 9.17) is 19.5 Å². The minimum absolute atomic E-state index is 0.0359. The number of nitrogens with two attached hydrogens (primary N) is 1. The van der Waals surface area contributed by atoms with Crippen LogP contribution in [0.15, 0.2) is 43.1 Å². The number of rotatable bonds is 23. The summed E-state index contributed by atoms with van der Waals surface area (Å²) >= 11 is 1.70. The number of carbonyl (C=O) groups is 2. The van der Waals surface area contributed by atoms with E-state index in [2.05, 4.69) is 45.5 Å². The summed E-state index contributed by atoms with van der Waals surface area (Å²) in [6.07, 6.45) is -2.82. The van der Waals surface area contributed by atoms with E-state index in [0.29, 0.717) is 12.3 Å². The molecule has 60 heavy (non-hydrogen) atoms. The van der Waals surface area contributed by atoms with Crippen LogP contribution in [0.3, 0.4) is 0 Å². The highest BCUT2D eigenvalue weighted by Gasteiger charge is 2.50. The molecule has 7 atom stereocenters. The summed E-state index contributed by atoms with van der Waals surface area (Å²) < 4.78 is 62.3. The molecule has 24 nitrogen and oxygen atoms in total. The first kappa shape index (κ1) is 47.7. The van der Waals surface area contributed by atoms with Gasteiger partial charge in [-0.1, -0.05) is 32.0 Å². The lowest BCUT2D eigenvalue weighted by molar-refractivity contribution is -0.137. The van der Waals surface area contributed by atoms with Gasteiger partial charge in [-0.3, -0.25) is 27.7 Å². The van der Waals surface area contributed by atoms with Gasteiger partial charge in [0.25, 0.3) is 0 Å². The lowest BCUT2D eigenvalue weighted by atomic mass is 9.87. The van der Waals surface area contributed by atoms with Crippen LogP contribution in [0, 0.1) is 5.41 Å². The molecule has 28 heteroatoms. The number of amides is 2. The number of phosphoric acid groups is 3. The number of imidazole rings is 1. The SMILES string of the molecule is CC(C)(COP(=O)(O)OP(=O)(O)OC[C@H]1OC(n2cnc3c(N)ncnc32)[C@@H](O)[C@@H]1OP(=O)(O)O)[C@@H](O)C(=O)NCCC(=O)NCCSCCCc1c[nH]c2ccccc12. The van der Waals surface area contributed by atoms with E-state index in [9.17, 15) is 53.1 Å². The summed E-state index contributed by atoms with van der Waals surface area (Å²) in [5.41, 5.74) is 6.68. The minimum Gasteiger partial charge on any atom is -0.386 e. The van der Waals surface area contributed by atoms with Crippen molar-refractivity contribution in [3.05, 3.63) is 48.7 Å². The van der Waals surface area contributed by atoms with Crippen molar-refractivity contribution in [3.8, 4) is 0 Å². The van der Waals surface area contributed by atoms with Gasteiger partial charge in [-0.05, 0) is 30.2 Å². The van der Waals surface area contributed by atoms with Crippen molar-refractivity contribution >= 4 is 74.9 Å². The van der Waals surface area contributed by atoms with E-state index in [1.807, 2.05) is 24.4 Å². The van der Waals surface area contributed by atoms with Crippen molar-refractivity contribution in [1.29, 1.82) is 0 Å². The molecule has 0 aliphatic carbocycles. The van der Waals surface area contributed by atoms with Gasteiger partial charge in [0.15, 0.2) is 17.7 Å². The Morgan fingerprint density at radius 2 is 1.78 bits per heavy atom. The molecule has 0 spiro atoms. The Balaban J connectivity index is 1.01. The number of nitrogens with zero attached hydrogens (tertiary/aromatic N) is 4. The van der Waals surface area contributed by atoms with Crippen molar-refractivity contribution in [2.45, 2.75) is 63.8 Å². The summed E-state index contributed by atoms with van der Waals surface area (Å²) in [6.45, 7) is 0.868. The molecule has 332 valence electrons. The van der Waals surface area contributed by atoms with Gasteiger partial charge in [0, 0.05) is 47.8 Å². The van der Waals surface area contributed by atoms with Crippen LogP contribution < -0.4 is 16.4 Å². The number of phosphoric ester groups is 3. The van der Waals surface area contributed by atoms with Crippen LogP contribution in [0.4, 0.5) is 5.82 Å². The van der Waals surface area contributed by atoms with Crippen molar-refractivity contribution in [1.82, 2.24) is 35.1 Å². The van der Waals surface area contributed by atoms with Crippen LogP contribution in [0.25, 0.3) is 22.1 Å². The smallest absolute Gasteiger partial charge is 0.386 e. The monoisotopic (exact) mass is 924 g/mol. The van der Waals surface area contributed by atoms with Crippen LogP contribution in [0.2, 0.25) is 0 Å². The number of H-pyrrole nitrogens is 1. The number of fused-ring (bicyclic) bond motifs is 2. The Bertz CT molecular complexity index is 2260. The van der Waals surface area contributed by atoms with Gasteiger partial charge in [-0.25, -0.2) is 28.6 Å². The maximum Gasteiger partial charge on any atom is 0.481 e. The molecule has 0 radical (unpaired) electrons. The molecule has 1 aromatic carbocycles. The summed E-state index contributed by atoms with van der Waals surface area (Å²) in [6, 6.07) is 8.11. The third kappa shape index (κ3) is 13.1. The highest BCUT2D eigenvalue weighted by Crippen LogP contribution is 2.61. The number of ether oxygens (including phenoxy) is 1. The number of aryl methyl sites for hydroxylation is 1. The molecule has 2 amide bonds. The summed E-state index contributed by atoms with van der Waals surface area (Å²) in [5.74, 6) is 0.313. The van der Waals surface area contributed by atoms with Crippen molar-refractivity contribution in [2.75, 3.05) is 43.5 Å². The number of hydrogen-bond acceptors (Lipinski definition) is 17. The topological polar surface area (TPSA) is 362 Å². The Kier molecular flexibility index (Phi) is 16.1. The van der Waals surface area contributed by atoms with Crippen LogP contribution in [0.5, 0.6) is 0 Å². The van der Waals surface area contributed by atoms with Gasteiger partial charge in [0.2, 0.25) is 11.8 Å². The van der Waals surface area contributed by atoms with Crippen LogP contribution in [-0.2, 0) is 52.3 Å². The maximum atomic E-state index is 12.7. The number of aromatic amines is 1. The summed E-state index contributed by atoms with van der Waals surface area (Å²) in [7, 11) is -16.4. The van der Waals surface area contributed by atoms with Crippen molar-refractivity contribution in [3.63, 3.8) is 0 Å². The first-order valence-electron chi connectivity index (χ1n) is 18.2. The molecule has 0 bridgehead atoms. The molecule has 4 heterocycles. The normalized spacial score (nSPS) is 21.1. The Labute approximate surface area is 346 Å². The fourth-order valence-corrected chi connectivity index (χ4v) is 9.64. The molecule has 3 aromatic heterocycles. The zero-order valence-electron chi connectivity index (χ0n) is 32.2. The molecule has 0 saturated carbocycles. The number of carbonyl (C=O) groups excluding carboxylic acids is 2. The summed E-state index contributed by atoms with van der Waals surface area (Å²) in [5, 5.41) is 27.9. The number of thioether (sulfide) groups is 1. The van der Waals surface area contributed by atoms with E-state index < -0.39 is 78.6 Å². The van der Waals surface area contributed by atoms with Gasteiger partial charge in [0.05, 0.1) is 19.5 Å². The molecule has 1 aliphatic rings. The van der Waals surface area contributed by atoms with Crippen LogP contribution >= 0.6 is 35.2 Å². The zero-order chi connectivity index (χ0) is 43.9. The molecular weight excluding hydrogens is 877 g/mol. The Hall–Kier alpha value is -3.35. The zero-order valence-corrected chi connectivity index (χ0v) is 35.7. The highest BCUT2D eigenvalue weighted by atomic mass is 32.2. The molecule has 1 saturated heterocycles. The van der Waals surface area contributed by atoms with E-state index >= 15 is 0 Å². The lowest BCUT2D eigenvalue weighted by Crippen LogP contribution is -2.46. The molecule has 5 rings (SSSR count). The largest absolute Gasteiger partial charge is 0.481 e. The third-order valence-corrected chi connectivity index (χ3v) is 13.2. The van der Waals surface area contributed by atoms with Gasteiger partial charge in [0.1, 0.15) is 36.3 Å². The highest BCUT2D eigenvalue weighted by molar-refractivity contribution is 7.99. The van der Waals surface area contributed by atoms with Crippen LogP contribution in [0.1, 0.15) is 38.5 Å². The lowest BCUT2D eigenvalue weighted by Gasteiger charge is -2.30. The molecule has 3 unspecified atom stereocenters. The number of nitrogens with one attached hydrogen (secondary N) is 3. The third-order valence-electron chi connectivity index (χ3n) is 9.06. The Morgan fingerprint density at radius 1 is 1.05 bits per heavy atom. The van der Waals surface area contributed by atoms with E-state index in [1.165, 1.54) is 24.8 Å². The fourth-order valence-electron chi connectivity index (χ4n) is 6.01. The second-order valence-electron chi connectivity index (χ2n) is 14.1. The number of benzene rings is 1. The standard InChI is InChI=1S/C32H47N8O16P3S/c1-32(2,27(43)30(44)35-10-9-23(41)34-11-13-60-12-5-6-19-14-36-21-8-4-3-7-20(19)21)16-53-59(50,51)56-58(48,49)52-15-22-26(55-57(45,46)47)25(42)31(54-22)40-18-39-24-28(33)37-17-38-29(24)40/h3-4,7-8,14,17-18,22,25-27,31,36,42-43H,5-6,9-13,15-16H2,1-2H3,(H,34,41)(H,35,44)(H,48,49)(H,50,51)(H2,33,37,38)(H2,45,46,47)/t22-,25+,26-,27+,31?/m1/s1. The number of anilines is 1. The number of aliphatic hydroxyl groups excluding tert-OH is 2. The number of hydrogen-bond donors (Lipinski definition) is 10. The quantitative estimate of drug-likeness (QED) is 0.0370. The van der Waals surface area contributed by atoms with Crippen molar-refractivity contribution < 1.29 is 75.7 Å². The average Bonchev–Trinajstić information content (AvgIpc) is 3.87. The first-order chi connectivity index (χ1) is 28.2. The number of para-hydroxylation sites is 1. The molecule has 1 aliphatic heterocycles. The van der Waals surface area contributed by atoms with Gasteiger partial charge >= 0.3 is 23.5 Å². The molecule has 1 fully saturated rings. The van der Waals surface area contributed by atoms with E-state index in [1.54, 1.807) is 11.8 Å². The molecular formula is C32H47N8O16P3S.